The summed E-state index contributed by atoms with van der Waals surface area (Å²) in [5.41, 5.74) is 0.583. The van der Waals surface area contributed by atoms with Gasteiger partial charge in [-0.1, -0.05) is 36.4 Å². The van der Waals surface area contributed by atoms with Crippen molar-refractivity contribution in [3.8, 4) is 5.75 Å². The van der Waals surface area contributed by atoms with Crippen molar-refractivity contribution in [2.75, 3.05) is 12.3 Å². The van der Waals surface area contributed by atoms with E-state index in [2.05, 4.69) is 5.32 Å². The molecular weight excluding hydrogens is 286 g/mol. The predicted molar refractivity (Wildman–Crippen MR) is 82.5 cm³/mol. The molecule has 110 valence electrons. The van der Waals surface area contributed by atoms with E-state index in [0.29, 0.717) is 17.9 Å². The number of nitrogens with one attached hydrogen (secondary N) is 1. The molecule has 2 rings (SSSR count). The van der Waals surface area contributed by atoms with E-state index < -0.39 is 10.8 Å². The molecule has 0 radical (unpaired) electrons. The number of hydrogen-bond donors (Lipinski definition) is 2. The third kappa shape index (κ3) is 4.72. The zero-order valence-corrected chi connectivity index (χ0v) is 12.3. The number of hydrogen-bond acceptors (Lipinski definition) is 3. The van der Waals surface area contributed by atoms with Crippen molar-refractivity contribution in [2.24, 2.45) is 0 Å². The topological polar surface area (TPSA) is 66.4 Å². The average Bonchev–Trinajstić information content (AvgIpc) is 2.50. The van der Waals surface area contributed by atoms with E-state index in [4.69, 9.17) is 0 Å². The Morgan fingerprint density at radius 3 is 2.43 bits per heavy atom. The second-order valence-electron chi connectivity index (χ2n) is 4.52. The molecule has 0 aromatic heterocycles. The van der Waals surface area contributed by atoms with Crippen LogP contribution in [-0.4, -0.2) is 27.5 Å². The molecule has 1 amide bonds. The van der Waals surface area contributed by atoms with Crippen LogP contribution in [-0.2, 0) is 22.0 Å². The number of carbonyl (C=O) groups excluding carboxylic acids is 1. The highest BCUT2D eigenvalue weighted by Crippen LogP contribution is 2.15. The van der Waals surface area contributed by atoms with Gasteiger partial charge in [-0.05, 0) is 18.2 Å². The van der Waals surface area contributed by atoms with Crippen molar-refractivity contribution in [1.29, 1.82) is 0 Å². The lowest BCUT2D eigenvalue weighted by atomic mass is 10.1. The highest BCUT2D eigenvalue weighted by molar-refractivity contribution is 7.85. The molecule has 1 atom stereocenters. The summed E-state index contributed by atoms with van der Waals surface area (Å²) in [6, 6.07) is 15.9. The number of rotatable bonds is 6. The zero-order valence-electron chi connectivity index (χ0n) is 11.5. The van der Waals surface area contributed by atoms with Crippen LogP contribution in [0.2, 0.25) is 0 Å². The van der Waals surface area contributed by atoms with Crippen LogP contribution in [0.25, 0.3) is 0 Å². The molecule has 2 aromatic rings. The molecule has 2 aromatic carbocycles. The Bertz CT molecular complexity index is 628. The summed E-state index contributed by atoms with van der Waals surface area (Å²) in [5.74, 6) is 0.290. The first-order valence-electron chi connectivity index (χ1n) is 6.64. The molecular formula is C16H17NO3S. The van der Waals surface area contributed by atoms with E-state index in [1.54, 1.807) is 36.4 Å². The molecule has 4 nitrogen and oxygen atoms in total. The van der Waals surface area contributed by atoms with Crippen molar-refractivity contribution in [2.45, 2.75) is 11.3 Å². The van der Waals surface area contributed by atoms with E-state index in [1.807, 2.05) is 18.2 Å². The molecule has 0 spiro atoms. The molecule has 5 heteroatoms. The fraction of sp³-hybridized carbons (Fsp3) is 0.188. The first kappa shape index (κ1) is 15.3. The number of carbonyl (C=O) groups is 1. The Kier molecular flexibility index (Phi) is 5.51. The summed E-state index contributed by atoms with van der Waals surface area (Å²) in [5, 5.41) is 12.3. The highest BCUT2D eigenvalue weighted by atomic mass is 32.2. The quantitative estimate of drug-likeness (QED) is 0.856. The van der Waals surface area contributed by atoms with Gasteiger partial charge in [-0.25, -0.2) is 0 Å². The predicted octanol–water partition coefficient (Wildman–Crippen LogP) is 1.86. The summed E-state index contributed by atoms with van der Waals surface area (Å²) >= 11 is 0. The van der Waals surface area contributed by atoms with Crippen molar-refractivity contribution in [3.63, 3.8) is 0 Å². The maximum Gasteiger partial charge on any atom is 0.224 e. The van der Waals surface area contributed by atoms with Gasteiger partial charge in [-0.2, -0.15) is 0 Å². The number of phenols is 1. The molecule has 0 aliphatic rings. The van der Waals surface area contributed by atoms with Gasteiger partial charge in [0.1, 0.15) is 5.75 Å². The smallest absolute Gasteiger partial charge is 0.224 e. The fourth-order valence-electron chi connectivity index (χ4n) is 1.87. The normalized spacial score (nSPS) is 11.8. The minimum absolute atomic E-state index is 0.112. The summed E-state index contributed by atoms with van der Waals surface area (Å²) in [7, 11) is -1.11. The minimum atomic E-state index is -1.11. The Morgan fingerprint density at radius 1 is 1.05 bits per heavy atom. The second kappa shape index (κ2) is 7.59. The second-order valence-corrected chi connectivity index (χ2v) is 6.09. The summed E-state index contributed by atoms with van der Waals surface area (Å²) < 4.78 is 12.0. The molecule has 0 saturated carbocycles. The van der Waals surface area contributed by atoms with Gasteiger partial charge in [0.25, 0.3) is 0 Å². The summed E-state index contributed by atoms with van der Waals surface area (Å²) in [6.45, 7) is 0.341. The van der Waals surface area contributed by atoms with E-state index in [0.717, 1.165) is 4.90 Å². The van der Waals surface area contributed by atoms with Gasteiger partial charge in [-0.15, -0.1) is 0 Å². The lowest BCUT2D eigenvalue weighted by molar-refractivity contribution is -0.120. The van der Waals surface area contributed by atoms with Gasteiger partial charge in [0.15, 0.2) is 0 Å². The monoisotopic (exact) mass is 303 g/mol. The third-order valence-corrected chi connectivity index (χ3v) is 4.33. The number of aromatic hydroxyl groups is 1. The van der Waals surface area contributed by atoms with Gasteiger partial charge in [0.05, 0.1) is 17.2 Å². The van der Waals surface area contributed by atoms with E-state index in [9.17, 15) is 14.1 Å². The Hall–Kier alpha value is -2.14. The molecule has 2 N–H and O–H groups in total. The van der Waals surface area contributed by atoms with Crippen molar-refractivity contribution < 1.29 is 14.1 Å². The number of amides is 1. The molecule has 0 aliphatic heterocycles. The van der Waals surface area contributed by atoms with Crippen LogP contribution in [0, 0.1) is 0 Å². The third-order valence-electron chi connectivity index (χ3n) is 2.96. The number of benzene rings is 2. The Labute approximate surface area is 126 Å². The first-order chi connectivity index (χ1) is 10.2. The SMILES string of the molecule is O=C(Cc1ccccc1O)NCC[S@](=O)c1ccccc1. The standard InChI is InChI=1S/C16H17NO3S/c18-15-9-5-4-6-13(15)12-16(19)17-10-11-21(20)14-7-2-1-3-8-14/h1-9,18H,10-12H2,(H,17,19)/t21-/m0/s1. The van der Waals surface area contributed by atoms with Crippen LogP contribution < -0.4 is 5.32 Å². The zero-order chi connectivity index (χ0) is 15.1. The highest BCUT2D eigenvalue weighted by Gasteiger charge is 2.08. The number of phenolic OH excluding ortho intramolecular Hbond substituents is 1. The Morgan fingerprint density at radius 2 is 1.71 bits per heavy atom. The van der Waals surface area contributed by atoms with Gasteiger partial charge < -0.3 is 10.4 Å². The molecule has 0 bridgehead atoms. The van der Waals surface area contributed by atoms with E-state index in [1.165, 1.54) is 0 Å². The molecule has 21 heavy (non-hydrogen) atoms. The molecule has 0 fully saturated rings. The van der Waals surface area contributed by atoms with Gasteiger partial charge in [0.2, 0.25) is 5.91 Å². The van der Waals surface area contributed by atoms with Crippen LogP contribution in [0.3, 0.4) is 0 Å². The maximum atomic E-state index is 12.0. The van der Waals surface area contributed by atoms with Crippen molar-refractivity contribution >= 4 is 16.7 Å². The van der Waals surface area contributed by atoms with Gasteiger partial charge >= 0.3 is 0 Å². The molecule has 0 saturated heterocycles. The van der Waals surface area contributed by atoms with Crippen LogP contribution in [0.5, 0.6) is 5.75 Å². The average molecular weight is 303 g/mol. The van der Waals surface area contributed by atoms with Crippen molar-refractivity contribution in [1.82, 2.24) is 5.32 Å². The largest absolute Gasteiger partial charge is 0.508 e. The molecule has 0 aliphatic carbocycles. The molecule has 0 heterocycles. The van der Waals surface area contributed by atoms with Crippen molar-refractivity contribution in [3.05, 3.63) is 60.2 Å². The Balaban J connectivity index is 1.77. The first-order valence-corrected chi connectivity index (χ1v) is 7.95. The summed E-state index contributed by atoms with van der Waals surface area (Å²) in [4.78, 5) is 12.5. The maximum absolute atomic E-state index is 12.0. The van der Waals surface area contributed by atoms with E-state index >= 15 is 0 Å². The van der Waals surface area contributed by atoms with Gasteiger partial charge in [-0.3, -0.25) is 9.00 Å². The van der Waals surface area contributed by atoms with Crippen LogP contribution in [0.1, 0.15) is 5.56 Å². The summed E-state index contributed by atoms with van der Waals surface area (Å²) in [6.07, 6.45) is 0.116. The lowest BCUT2D eigenvalue weighted by Crippen LogP contribution is -2.29. The molecule has 0 unspecified atom stereocenters. The van der Waals surface area contributed by atoms with Crippen LogP contribution in [0.4, 0.5) is 0 Å². The van der Waals surface area contributed by atoms with Gasteiger partial charge in [0, 0.05) is 22.8 Å². The van der Waals surface area contributed by atoms with Crippen LogP contribution >= 0.6 is 0 Å². The fourth-order valence-corrected chi connectivity index (χ4v) is 2.85. The van der Waals surface area contributed by atoms with E-state index in [-0.39, 0.29) is 18.1 Å². The number of para-hydroxylation sites is 1. The minimum Gasteiger partial charge on any atom is -0.508 e. The lowest BCUT2D eigenvalue weighted by Gasteiger charge is -2.06. The van der Waals surface area contributed by atoms with Crippen LogP contribution in [0.15, 0.2) is 59.5 Å².